The highest BCUT2D eigenvalue weighted by molar-refractivity contribution is 5.80. The Morgan fingerprint density at radius 1 is 0.906 bits per heavy atom. The minimum Gasteiger partial charge on any atom is -0.368 e. The average molecular weight is 437 g/mol. The van der Waals surface area contributed by atoms with Gasteiger partial charge in [0.25, 0.3) is 0 Å². The van der Waals surface area contributed by atoms with E-state index in [1.54, 1.807) is 0 Å². The van der Waals surface area contributed by atoms with Gasteiger partial charge < -0.3 is 20.0 Å². The van der Waals surface area contributed by atoms with Crippen molar-refractivity contribution in [1.82, 2.24) is 25.1 Å². The van der Waals surface area contributed by atoms with Crippen LogP contribution in [0.2, 0.25) is 0 Å². The summed E-state index contributed by atoms with van der Waals surface area (Å²) in [4.78, 5) is 22.9. The van der Waals surface area contributed by atoms with Crippen LogP contribution >= 0.6 is 0 Å². The third-order valence-electron chi connectivity index (χ3n) is 6.63. The van der Waals surface area contributed by atoms with Gasteiger partial charge in [0.2, 0.25) is 5.95 Å². The van der Waals surface area contributed by atoms with E-state index in [9.17, 15) is 0 Å². The molecule has 2 aromatic rings. The number of anilines is 2. The van der Waals surface area contributed by atoms with Crippen LogP contribution in [0.25, 0.3) is 0 Å². The predicted octanol–water partition coefficient (Wildman–Crippen LogP) is 1.61. The lowest BCUT2D eigenvalue weighted by Crippen LogP contribution is -2.54. The van der Waals surface area contributed by atoms with E-state index >= 15 is 0 Å². The predicted molar refractivity (Wildman–Crippen MR) is 132 cm³/mol. The van der Waals surface area contributed by atoms with Crippen molar-refractivity contribution in [2.24, 2.45) is 4.99 Å². The van der Waals surface area contributed by atoms with E-state index in [0.29, 0.717) is 0 Å². The number of benzene rings is 1. The van der Waals surface area contributed by atoms with Crippen LogP contribution < -0.4 is 15.1 Å². The van der Waals surface area contributed by atoms with Crippen LogP contribution in [0.1, 0.15) is 11.1 Å². The maximum Gasteiger partial charge on any atom is 0.225 e. The number of hydrogen-bond donors (Lipinski definition) is 1. The van der Waals surface area contributed by atoms with E-state index in [4.69, 9.17) is 0 Å². The fourth-order valence-corrected chi connectivity index (χ4v) is 4.52. The topological polar surface area (TPSA) is 63.1 Å². The zero-order valence-electron chi connectivity index (χ0n) is 19.7. The number of aromatic nitrogens is 2. The van der Waals surface area contributed by atoms with Gasteiger partial charge in [-0.25, -0.2) is 9.97 Å². The Morgan fingerprint density at radius 2 is 1.59 bits per heavy atom. The van der Waals surface area contributed by atoms with Crippen molar-refractivity contribution in [2.45, 2.75) is 13.8 Å². The molecule has 0 unspecified atom stereocenters. The third-order valence-corrected chi connectivity index (χ3v) is 6.63. The first-order valence-electron chi connectivity index (χ1n) is 11.7. The van der Waals surface area contributed by atoms with Crippen molar-refractivity contribution in [2.75, 3.05) is 82.3 Å². The summed E-state index contributed by atoms with van der Waals surface area (Å²) in [6, 6.07) is 8.46. The van der Waals surface area contributed by atoms with Crippen LogP contribution in [0.3, 0.4) is 0 Å². The van der Waals surface area contributed by atoms with Crippen LogP contribution in [-0.4, -0.2) is 98.2 Å². The fraction of sp³-hybridized carbons (Fsp3) is 0.542. The molecule has 2 fully saturated rings. The molecule has 1 aromatic carbocycles. The number of piperazine rings is 2. The summed E-state index contributed by atoms with van der Waals surface area (Å²) in [5, 5.41) is 3.58. The summed E-state index contributed by atoms with van der Waals surface area (Å²) in [7, 11) is 1.89. The van der Waals surface area contributed by atoms with Crippen molar-refractivity contribution < 1.29 is 0 Å². The third kappa shape index (κ3) is 5.30. The molecule has 0 saturated carbocycles. The quantitative estimate of drug-likeness (QED) is 0.564. The second kappa shape index (κ2) is 10.6. The molecule has 8 heteroatoms. The number of guanidine groups is 1. The minimum absolute atomic E-state index is 0.839. The Kier molecular flexibility index (Phi) is 7.42. The van der Waals surface area contributed by atoms with Gasteiger partial charge in [0.15, 0.2) is 5.96 Å². The molecule has 0 bridgehead atoms. The molecule has 32 heavy (non-hydrogen) atoms. The number of hydrogen-bond acceptors (Lipinski definition) is 6. The number of aliphatic imine (C=N–C) groups is 1. The zero-order valence-corrected chi connectivity index (χ0v) is 19.7. The standard InChI is InChI=1S/C24H36N8/c1-20-6-4-7-22(21(20)2)30-16-18-31(19-17-30)23(25-3)28-10-11-29-12-14-32(15-13-29)24-26-8-5-9-27-24/h4-9H,10-19H2,1-3H3,(H,25,28). The van der Waals surface area contributed by atoms with Gasteiger partial charge in [0, 0.05) is 90.6 Å². The van der Waals surface area contributed by atoms with Gasteiger partial charge in [-0.1, -0.05) is 12.1 Å². The molecule has 0 radical (unpaired) electrons. The van der Waals surface area contributed by atoms with Gasteiger partial charge in [-0.15, -0.1) is 0 Å². The summed E-state index contributed by atoms with van der Waals surface area (Å²) in [6.07, 6.45) is 3.62. The summed E-state index contributed by atoms with van der Waals surface area (Å²) in [6.45, 7) is 14.4. The van der Waals surface area contributed by atoms with Gasteiger partial charge in [0.1, 0.15) is 0 Å². The lowest BCUT2D eigenvalue weighted by atomic mass is 10.1. The fourth-order valence-electron chi connectivity index (χ4n) is 4.52. The van der Waals surface area contributed by atoms with Crippen LogP contribution in [0.15, 0.2) is 41.7 Å². The Bertz CT molecular complexity index is 884. The number of nitrogens with one attached hydrogen (secondary N) is 1. The summed E-state index contributed by atoms with van der Waals surface area (Å²) in [5.41, 5.74) is 4.12. The molecular weight excluding hydrogens is 400 g/mol. The maximum atomic E-state index is 4.55. The molecule has 0 aliphatic carbocycles. The lowest BCUT2D eigenvalue weighted by Gasteiger charge is -2.39. The van der Waals surface area contributed by atoms with Crippen LogP contribution in [0, 0.1) is 13.8 Å². The summed E-state index contributed by atoms with van der Waals surface area (Å²) in [5.74, 6) is 1.85. The monoisotopic (exact) mass is 436 g/mol. The van der Waals surface area contributed by atoms with E-state index in [1.807, 2.05) is 25.5 Å². The molecule has 172 valence electrons. The molecule has 1 aromatic heterocycles. The van der Waals surface area contributed by atoms with Crippen molar-refractivity contribution in [3.63, 3.8) is 0 Å². The van der Waals surface area contributed by atoms with E-state index in [2.05, 4.69) is 71.9 Å². The zero-order chi connectivity index (χ0) is 22.3. The molecule has 3 heterocycles. The highest BCUT2D eigenvalue weighted by atomic mass is 15.4. The molecule has 0 atom stereocenters. The molecular formula is C24H36N8. The van der Waals surface area contributed by atoms with E-state index in [1.165, 1.54) is 16.8 Å². The van der Waals surface area contributed by atoms with Gasteiger partial charge in [-0.2, -0.15) is 0 Å². The molecule has 4 rings (SSSR count). The first-order chi connectivity index (χ1) is 15.7. The highest BCUT2D eigenvalue weighted by Crippen LogP contribution is 2.23. The number of aryl methyl sites for hydroxylation is 1. The van der Waals surface area contributed by atoms with Crippen LogP contribution in [0.4, 0.5) is 11.6 Å². The molecule has 0 spiro atoms. The van der Waals surface area contributed by atoms with Gasteiger partial charge in [0.05, 0.1) is 0 Å². The summed E-state index contributed by atoms with van der Waals surface area (Å²) < 4.78 is 0. The largest absolute Gasteiger partial charge is 0.368 e. The van der Waals surface area contributed by atoms with Gasteiger partial charge in [-0.3, -0.25) is 9.89 Å². The van der Waals surface area contributed by atoms with Gasteiger partial charge >= 0.3 is 0 Å². The average Bonchev–Trinajstić information content (AvgIpc) is 2.85. The molecule has 1 N–H and O–H groups in total. The van der Waals surface area contributed by atoms with E-state index < -0.39 is 0 Å². The van der Waals surface area contributed by atoms with Crippen LogP contribution in [0.5, 0.6) is 0 Å². The SMILES string of the molecule is CN=C(NCCN1CCN(c2ncccn2)CC1)N1CCN(c2cccc(C)c2C)CC1. The van der Waals surface area contributed by atoms with Crippen LogP contribution in [-0.2, 0) is 0 Å². The van der Waals surface area contributed by atoms with Gasteiger partial charge in [-0.05, 0) is 37.1 Å². The van der Waals surface area contributed by atoms with E-state index in [0.717, 1.165) is 77.4 Å². The first kappa shape index (κ1) is 22.3. The highest BCUT2D eigenvalue weighted by Gasteiger charge is 2.22. The smallest absolute Gasteiger partial charge is 0.225 e. The lowest BCUT2D eigenvalue weighted by molar-refractivity contribution is 0.258. The molecule has 0 amide bonds. The van der Waals surface area contributed by atoms with Crippen molar-refractivity contribution in [1.29, 1.82) is 0 Å². The second-order valence-corrected chi connectivity index (χ2v) is 8.54. The Balaban J connectivity index is 1.19. The number of rotatable bonds is 5. The minimum atomic E-state index is 0.839. The molecule has 2 aliphatic rings. The molecule has 2 saturated heterocycles. The van der Waals surface area contributed by atoms with Crippen molar-refractivity contribution in [3.05, 3.63) is 47.8 Å². The summed E-state index contributed by atoms with van der Waals surface area (Å²) >= 11 is 0. The molecule has 8 nitrogen and oxygen atoms in total. The number of nitrogens with zero attached hydrogens (tertiary/aromatic N) is 7. The normalized spacial score (nSPS) is 18.2. The Hall–Kier alpha value is -2.87. The van der Waals surface area contributed by atoms with Crippen molar-refractivity contribution in [3.8, 4) is 0 Å². The Morgan fingerprint density at radius 3 is 2.28 bits per heavy atom. The first-order valence-corrected chi connectivity index (χ1v) is 11.7. The molecule has 2 aliphatic heterocycles. The van der Waals surface area contributed by atoms with Crippen molar-refractivity contribution >= 4 is 17.6 Å². The second-order valence-electron chi connectivity index (χ2n) is 8.54. The van der Waals surface area contributed by atoms with E-state index in [-0.39, 0.29) is 0 Å². The maximum absolute atomic E-state index is 4.55. The Labute approximate surface area is 192 Å².